The number of aryl methyl sites for hydroxylation is 1. The van der Waals surface area contributed by atoms with Gasteiger partial charge in [0, 0.05) is 13.1 Å². The summed E-state index contributed by atoms with van der Waals surface area (Å²) in [6.07, 6.45) is 2.18. The Labute approximate surface area is 121 Å². The van der Waals surface area contributed by atoms with E-state index in [1.54, 1.807) is 0 Å². The van der Waals surface area contributed by atoms with Crippen LogP contribution in [0.5, 0.6) is 0 Å². The van der Waals surface area contributed by atoms with E-state index in [1.807, 2.05) is 36.1 Å². The molecule has 1 aromatic rings. The molecule has 1 aliphatic rings. The number of halogens is 1. The van der Waals surface area contributed by atoms with E-state index in [0.717, 1.165) is 37.4 Å². The number of hydrogen-bond donors (Lipinski definition) is 1. The highest BCUT2D eigenvalue weighted by atomic mass is 35.5. The largest absolute Gasteiger partial charge is 0.341 e. The Morgan fingerprint density at radius 1 is 1.26 bits per heavy atom. The van der Waals surface area contributed by atoms with Gasteiger partial charge in [-0.1, -0.05) is 36.8 Å². The van der Waals surface area contributed by atoms with Crippen LogP contribution in [0.15, 0.2) is 24.3 Å². The highest BCUT2D eigenvalue weighted by Crippen LogP contribution is 2.20. The van der Waals surface area contributed by atoms with Crippen LogP contribution in [0.2, 0.25) is 0 Å². The molecule has 0 saturated carbocycles. The van der Waals surface area contributed by atoms with Crippen LogP contribution in [0.1, 0.15) is 36.9 Å². The van der Waals surface area contributed by atoms with Crippen molar-refractivity contribution in [2.75, 3.05) is 13.1 Å². The fourth-order valence-electron chi connectivity index (χ4n) is 2.34. The standard InChI is InChI=1S/C15H22N2O.ClH/c1-11-3-5-13(6-4-11)14(16)15(18)17-9-7-12(2)8-10-17;/h3-6,12,14H,7-10,16H2,1-2H3;1H. The van der Waals surface area contributed by atoms with Crippen molar-refractivity contribution >= 4 is 18.3 Å². The van der Waals surface area contributed by atoms with E-state index in [9.17, 15) is 4.79 Å². The number of piperidine rings is 1. The van der Waals surface area contributed by atoms with Crippen LogP contribution in [-0.2, 0) is 4.79 Å². The summed E-state index contributed by atoms with van der Waals surface area (Å²) >= 11 is 0. The number of amides is 1. The smallest absolute Gasteiger partial charge is 0.244 e. The molecule has 2 N–H and O–H groups in total. The molecule has 3 nitrogen and oxygen atoms in total. The number of likely N-dealkylation sites (tertiary alicyclic amines) is 1. The maximum atomic E-state index is 12.3. The minimum absolute atomic E-state index is 0. The third-order valence-corrected chi connectivity index (χ3v) is 3.80. The highest BCUT2D eigenvalue weighted by molar-refractivity contribution is 5.85. The maximum absolute atomic E-state index is 12.3. The SMILES string of the molecule is Cc1ccc(C(N)C(=O)N2CCC(C)CC2)cc1.Cl. The van der Waals surface area contributed by atoms with Gasteiger partial charge < -0.3 is 10.6 Å². The molecule has 1 amide bonds. The van der Waals surface area contributed by atoms with Crippen LogP contribution in [-0.4, -0.2) is 23.9 Å². The van der Waals surface area contributed by atoms with Gasteiger partial charge in [-0.2, -0.15) is 0 Å². The lowest BCUT2D eigenvalue weighted by Crippen LogP contribution is -2.42. The molecule has 0 aliphatic carbocycles. The lowest BCUT2D eigenvalue weighted by Gasteiger charge is -2.32. The third kappa shape index (κ3) is 3.95. The maximum Gasteiger partial charge on any atom is 0.244 e. The van der Waals surface area contributed by atoms with Crippen molar-refractivity contribution < 1.29 is 4.79 Å². The Morgan fingerprint density at radius 2 is 1.79 bits per heavy atom. The van der Waals surface area contributed by atoms with E-state index in [0.29, 0.717) is 0 Å². The van der Waals surface area contributed by atoms with Gasteiger partial charge >= 0.3 is 0 Å². The number of hydrogen-bond acceptors (Lipinski definition) is 2. The highest BCUT2D eigenvalue weighted by Gasteiger charge is 2.25. The molecular formula is C15H23ClN2O. The summed E-state index contributed by atoms with van der Waals surface area (Å²) in [5.74, 6) is 0.787. The van der Waals surface area contributed by atoms with Gasteiger partial charge in [-0.15, -0.1) is 12.4 Å². The number of carbonyl (C=O) groups is 1. The van der Waals surface area contributed by atoms with Crippen molar-refractivity contribution in [1.82, 2.24) is 4.90 Å². The molecule has 106 valence electrons. The molecule has 1 saturated heterocycles. The van der Waals surface area contributed by atoms with Crippen molar-refractivity contribution in [2.45, 2.75) is 32.7 Å². The van der Waals surface area contributed by atoms with Crippen molar-refractivity contribution in [3.63, 3.8) is 0 Å². The predicted octanol–water partition coefficient (Wildman–Crippen LogP) is 2.68. The molecule has 1 fully saturated rings. The molecule has 1 unspecified atom stereocenters. The average Bonchev–Trinajstić information content (AvgIpc) is 2.39. The first-order chi connectivity index (χ1) is 8.58. The summed E-state index contributed by atoms with van der Waals surface area (Å²) in [5.41, 5.74) is 8.15. The summed E-state index contributed by atoms with van der Waals surface area (Å²) in [6.45, 7) is 5.96. The molecule has 4 heteroatoms. The number of rotatable bonds is 2. The Bertz CT molecular complexity index is 411. The molecule has 0 radical (unpaired) electrons. The van der Waals surface area contributed by atoms with Gasteiger partial charge in [0.15, 0.2) is 0 Å². The van der Waals surface area contributed by atoms with E-state index >= 15 is 0 Å². The molecule has 0 aromatic heterocycles. The van der Waals surface area contributed by atoms with Crippen LogP contribution in [0.25, 0.3) is 0 Å². The fourth-order valence-corrected chi connectivity index (χ4v) is 2.34. The molecule has 0 bridgehead atoms. The van der Waals surface area contributed by atoms with E-state index in [-0.39, 0.29) is 18.3 Å². The topological polar surface area (TPSA) is 46.3 Å². The fraction of sp³-hybridized carbons (Fsp3) is 0.533. The Hall–Kier alpha value is -1.06. The summed E-state index contributed by atoms with van der Waals surface area (Å²) < 4.78 is 0. The predicted molar refractivity (Wildman–Crippen MR) is 80.3 cm³/mol. The van der Waals surface area contributed by atoms with Gasteiger partial charge in [-0.25, -0.2) is 0 Å². The van der Waals surface area contributed by atoms with Gasteiger partial charge in [0.05, 0.1) is 0 Å². The van der Waals surface area contributed by atoms with Crippen molar-refractivity contribution in [2.24, 2.45) is 11.7 Å². The first-order valence-corrected chi connectivity index (χ1v) is 6.69. The van der Waals surface area contributed by atoms with Crippen LogP contribution < -0.4 is 5.73 Å². The molecule has 2 rings (SSSR count). The molecule has 1 aliphatic heterocycles. The quantitative estimate of drug-likeness (QED) is 0.906. The minimum Gasteiger partial charge on any atom is -0.341 e. The number of nitrogens with two attached hydrogens (primary N) is 1. The van der Waals surface area contributed by atoms with Crippen molar-refractivity contribution in [1.29, 1.82) is 0 Å². The summed E-state index contributed by atoms with van der Waals surface area (Å²) in [5, 5.41) is 0. The lowest BCUT2D eigenvalue weighted by atomic mass is 9.97. The first-order valence-electron chi connectivity index (χ1n) is 6.69. The zero-order valence-electron chi connectivity index (χ0n) is 11.6. The monoisotopic (exact) mass is 282 g/mol. The summed E-state index contributed by atoms with van der Waals surface area (Å²) in [7, 11) is 0. The van der Waals surface area contributed by atoms with Crippen LogP contribution >= 0.6 is 12.4 Å². The summed E-state index contributed by atoms with van der Waals surface area (Å²) in [6, 6.07) is 7.38. The zero-order valence-corrected chi connectivity index (χ0v) is 12.5. The van der Waals surface area contributed by atoms with Gasteiger partial charge in [0.1, 0.15) is 6.04 Å². The van der Waals surface area contributed by atoms with E-state index < -0.39 is 6.04 Å². The minimum atomic E-state index is -0.515. The normalized spacial score (nSPS) is 17.7. The number of benzene rings is 1. The van der Waals surface area contributed by atoms with Gasteiger partial charge in [-0.05, 0) is 31.2 Å². The Kier molecular flexibility index (Phi) is 5.83. The average molecular weight is 283 g/mol. The number of carbonyl (C=O) groups excluding carboxylic acids is 1. The third-order valence-electron chi connectivity index (χ3n) is 3.80. The second-order valence-corrected chi connectivity index (χ2v) is 5.40. The van der Waals surface area contributed by atoms with E-state index in [2.05, 4.69) is 6.92 Å². The van der Waals surface area contributed by atoms with Crippen LogP contribution in [0, 0.1) is 12.8 Å². The van der Waals surface area contributed by atoms with Gasteiger partial charge in [0.2, 0.25) is 5.91 Å². The van der Waals surface area contributed by atoms with Crippen LogP contribution in [0.4, 0.5) is 0 Å². The molecule has 1 heterocycles. The summed E-state index contributed by atoms with van der Waals surface area (Å²) in [4.78, 5) is 14.2. The molecule has 19 heavy (non-hydrogen) atoms. The first kappa shape index (κ1) is 16.0. The van der Waals surface area contributed by atoms with Gasteiger partial charge in [-0.3, -0.25) is 4.79 Å². The van der Waals surface area contributed by atoms with Crippen molar-refractivity contribution in [3.8, 4) is 0 Å². The second kappa shape index (κ2) is 6.92. The van der Waals surface area contributed by atoms with Gasteiger partial charge in [0.25, 0.3) is 0 Å². The van der Waals surface area contributed by atoms with E-state index in [1.165, 1.54) is 5.56 Å². The molecular weight excluding hydrogens is 260 g/mol. The van der Waals surface area contributed by atoms with Crippen molar-refractivity contribution in [3.05, 3.63) is 35.4 Å². The van der Waals surface area contributed by atoms with Crippen LogP contribution in [0.3, 0.4) is 0 Å². The zero-order chi connectivity index (χ0) is 13.1. The van der Waals surface area contributed by atoms with E-state index in [4.69, 9.17) is 5.73 Å². The second-order valence-electron chi connectivity index (χ2n) is 5.40. The Balaban J connectivity index is 0.00000180. The Morgan fingerprint density at radius 3 is 2.32 bits per heavy atom. The molecule has 1 aromatic carbocycles. The number of nitrogens with zero attached hydrogens (tertiary/aromatic N) is 1. The molecule has 1 atom stereocenters. The lowest BCUT2D eigenvalue weighted by molar-refractivity contribution is -0.134. The molecule has 0 spiro atoms.